The van der Waals surface area contributed by atoms with Gasteiger partial charge in [0, 0.05) is 0 Å². The zero-order valence-electron chi connectivity index (χ0n) is 28.8. The number of hydrogen-bond donors (Lipinski definition) is 0. The first-order valence-electron chi connectivity index (χ1n) is 17.0. The predicted molar refractivity (Wildman–Crippen MR) is 208 cm³/mol. The number of aryl methyl sites for hydroxylation is 1. The van der Waals surface area contributed by atoms with Crippen molar-refractivity contribution in [3.05, 3.63) is 180 Å². The molecule has 0 aliphatic rings. The van der Waals surface area contributed by atoms with E-state index in [0.29, 0.717) is 0 Å². The van der Waals surface area contributed by atoms with Crippen molar-refractivity contribution in [1.29, 1.82) is 0 Å². The molecule has 48 heavy (non-hydrogen) atoms. The van der Waals surface area contributed by atoms with E-state index in [2.05, 4.69) is 191 Å². The first-order valence-corrected chi connectivity index (χ1v) is 19.0. The third kappa shape index (κ3) is 6.23. The summed E-state index contributed by atoms with van der Waals surface area (Å²) in [5, 5.41) is 9.01. The van der Waals surface area contributed by atoms with Gasteiger partial charge in [0.05, 0.1) is 0 Å². The molecule has 1 heterocycles. The molecule has 0 amide bonds. The average molecular weight is 648 g/mol. The molecule has 4 heteroatoms. The molecule has 0 aliphatic heterocycles. The van der Waals surface area contributed by atoms with Gasteiger partial charge in [-0.25, -0.2) is 0 Å². The van der Waals surface area contributed by atoms with Crippen molar-refractivity contribution in [2.24, 2.45) is 0 Å². The summed E-state index contributed by atoms with van der Waals surface area (Å²) in [6, 6.07) is 50.7. The Bertz CT molecular complexity index is 1980. The molecule has 3 nitrogen and oxygen atoms in total. The molecule has 6 aromatic rings. The Hall–Kier alpha value is -4.85. The second kappa shape index (κ2) is 14.5. The average Bonchev–Trinajstić information content (AvgIpc) is 3.59. The van der Waals surface area contributed by atoms with Crippen LogP contribution in [0.2, 0.25) is 0 Å². The van der Waals surface area contributed by atoms with Gasteiger partial charge in [0.2, 0.25) is 0 Å². The summed E-state index contributed by atoms with van der Waals surface area (Å²) in [5.41, 5.74) is 6.10. The van der Waals surface area contributed by atoms with Crippen molar-refractivity contribution in [2.45, 2.75) is 52.7 Å². The molecule has 0 N–H and O–H groups in total. The van der Waals surface area contributed by atoms with Gasteiger partial charge in [-0.1, -0.05) is 0 Å². The van der Waals surface area contributed by atoms with E-state index in [0.717, 1.165) is 35.6 Å². The number of benzene rings is 5. The summed E-state index contributed by atoms with van der Waals surface area (Å²) in [7, 11) is -3.00. The molecule has 6 rings (SSSR count). The van der Waals surface area contributed by atoms with Gasteiger partial charge in [-0.15, -0.1) is 0 Å². The van der Waals surface area contributed by atoms with Gasteiger partial charge in [-0.3, -0.25) is 0 Å². The molecule has 0 unspecified atom stereocenters. The van der Waals surface area contributed by atoms with Crippen molar-refractivity contribution in [1.82, 2.24) is 14.8 Å². The summed E-state index contributed by atoms with van der Waals surface area (Å²) >= 11 is 0. The zero-order chi connectivity index (χ0) is 33.6. The molecule has 5 aromatic carbocycles. The normalized spacial score (nSPS) is 12.8. The molecule has 0 aliphatic carbocycles. The third-order valence-electron chi connectivity index (χ3n) is 9.63. The van der Waals surface area contributed by atoms with Crippen LogP contribution in [0.25, 0.3) is 17.0 Å². The Morgan fingerprint density at radius 1 is 0.708 bits per heavy atom. The van der Waals surface area contributed by atoms with E-state index in [1.165, 1.54) is 32.6 Å². The molecule has 0 saturated heterocycles. The monoisotopic (exact) mass is 647 g/mol. The summed E-state index contributed by atoms with van der Waals surface area (Å²) in [4.78, 5) is 5.29. The fraction of sp³-hybridized carbons (Fsp3) is 0.182. The number of hydrogen-bond acceptors (Lipinski definition) is 2. The number of nitrogens with zero attached hydrogens (tertiary/aromatic N) is 3. The van der Waals surface area contributed by atoms with E-state index in [4.69, 9.17) is 10.1 Å². The Morgan fingerprint density at radius 2 is 1.25 bits per heavy atom. The van der Waals surface area contributed by atoms with Crippen LogP contribution in [-0.2, 0) is 11.7 Å². The fourth-order valence-electron chi connectivity index (χ4n) is 7.19. The Balaban J connectivity index is 1.71. The molecule has 0 fully saturated rings. The van der Waals surface area contributed by atoms with Crippen LogP contribution in [0, 0.1) is 6.92 Å². The van der Waals surface area contributed by atoms with Crippen LogP contribution < -0.4 is 15.9 Å². The van der Waals surface area contributed by atoms with Crippen LogP contribution in [0.5, 0.6) is 0 Å². The fourth-order valence-corrected chi connectivity index (χ4v) is 13.1. The molecule has 0 atom stereocenters. The molecular weight excluding hydrogens is 601 g/mol. The van der Waals surface area contributed by atoms with Crippen molar-refractivity contribution >= 4 is 28.7 Å². The molecule has 0 saturated carbocycles. The summed E-state index contributed by atoms with van der Waals surface area (Å²) in [5.74, 6) is 1.63. The van der Waals surface area contributed by atoms with Crippen LogP contribution in [0.1, 0.15) is 56.6 Å². The molecule has 0 bridgehead atoms. The minimum absolute atomic E-state index is 0.517. The van der Waals surface area contributed by atoms with Crippen molar-refractivity contribution in [3.63, 3.8) is 0 Å². The van der Waals surface area contributed by atoms with Crippen molar-refractivity contribution in [2.75, 3.05) is 0 Å². The number of aromatic nitrogens is 3. The van der Waals surface area contributed by atoms with Crippen LogP contribution in [0.4, 0.5) is 0 Å². The van der Waals surface area contributed by atoms with Crippen molar-refractivity contribution in [3.8, 4) is 11.4 Å². The van der Waals surface area contributed by atoms with Gasteiger partial charge in [-0.05, 0) is 0 Å². The predicted octanol–water partition coefficient (Wildman–Crippen LogP) is 9.63. The van der Waals surface area contributed by atoms with Gasteiger partial charge < -0.3 is 0 Å². The maximum absolute atomic E-state index is 5.45. The molecule has 1 aromatic heterocycles. The Labute approximate surface area is 287 Å². The van der Waals surface area contributed by atoms with Gasteiger partial charge in [0.15, 0.2) is 0 Å². The standard InChI is InChI=1S/C44H46N3P/c1-6-7-11-23-35(3)43-45-42(36-24-12-8-13-25-36)46-47(43)44(4,5)48(39-28-14-9-15-29-39,40-30-16-10-17-31-40)41-32-21-20-27-38(41)33-37-26-19-18-22-34(37)2/h7-32,48H,6,33H2,1-5H3/b11-7-,35-23+. The second-order valence-electron chi connectivity index (χ2n) is 13.0. The summed E-state index contributed by atoms with van der Waals surface area (Å²) < 4.78 is 2.26. The van der Waals surface area contributed by atoms with E-state index in [-0.39, 0.29) is 0 Å². The number of allylic oxidation sites excluding steroid dienone is 4. The van der Waals surface area contributed by atoms with E-state index in [1.807, 2.05) is 6.07 Å². The van der Waals surface area contributed by atoms with E-state index in [9.17, 15) is 0 Å². The zero-order valence-corrected chi connectivity index (χ0v) is 29.8. The van der Waals surface area contributed by atoms with Crippen molar-refractivity contribution < 1.29 is 0 Å². The Kier molecular flexibility index (Phi) is 9.99. The van der Waals surface area contributed by atoms with Crippen LogP contribution in [0.3, 0.4) is 0 Å². The summed E-state index contributed by atoms with van der Waals surface area (Å²) in [6.07, 6.45) is 8.33. The molecule has 0 spiro atoms. The SMILES string of the molecule is CC/C=C\C=C(/C)c1nc(-c2ccccc2)nn1C(C)(C)[PH](c1ccccc1)(c1ccccc1)c1ccccc1Cc1ccccc1C. The first kappa shape index (κ1) is 33.1. The second-order valence-corrected chi connectivity index (χ2v) is 17.4. The maximum atomic E-state index is 5.45. The van der Waals surface area contributed by atoms with E-state index in [1.54, 1.807) is 0 Å². The third-order valence-corrected chi connectivity index (χ3v) is 15.4. The molecule has 242 valence electrons. The van der Waals surface area contributed by atoms with Gasteiger partial charge in [0.1, 0.15) is 0 Å². The number of rotatable bonds is 11. The topological polar surface area (TPSA) is 30.7 Å². The van der Waals surface area contributed by atoms with Crippen LogP contribution in [-0.4, -0.2) is 14.8 Å². The molecular formula is C44H46N3P. The Morgan fingerprint density at radius 3 is 1.85 bits per heavy atom. The first-order chi connectivity index (χ1) is 23.4. The van der Waals surface area contributed by atoms with Gasteiger partial charge in [0.25, 0.3) is 0 Å². The van der Waals surface area contributed by atoms with Gasteiger partial charge in [-0.2, -0.15) is 0 Å². The summed E-state index contributed by atoms with van der Waals surface area (Å²) in [6.45, 7) is 11.3. The quantitative estimate of drug-likeness (QED) is 0.104. The minimum atomic E-state index is -3.00. The van der Waals surface area contributed by atoms with Crippen LogP contribution >= 0.6 is 7.26 Å². The van der Waals surface area contributed by atoms with E-state index < -0.39 is 12.5 Å². The molecule has 0 radical (unpaired) electrons. The van der Waals surface area contributed by atoms with Crippen LogP contribution in [0.15, 0.2) is 158 Å². The van der Waals surface area contributed by atoms with Gasteiger partial charge >= 0.3 is 288 Å². The van der Waals surface area contributed by atoms with E-state index >= 15 is 0 Å².